The Kier molecular flexibility index (Phi) is 6.22. The van der Waals surface area contributed by atoms with Crippen molar-refractivity contribution < 1.29 is 16.8 Å². The van der Waals surface area contributed by atoms with Gasteiger partial charge in [0.05, 0.1) is 9.79 Å². The molecule has 1 heterocycles. The molecule has 1 aliphatic rings. The Morgan fingerprint density at radius 2 is 1.95 bits per heavy atom. The van der Waals surface area contributed by atoms with E-state index in [2.05, 4.69) is 26.0 Å². The lowest BCUT2D eigenvalue weighted by molar-refractivity contribution is 0.559. The summed E-state index contributed by atoms with van der Waals surface area (Å²) in [7, 11) is -7.03. The van der Waals surface area contributed by atoms with E-state index in [1.54, 1.807) is 0 Å². The maximum Gasteiger partial charge on any atom is 0.241 e. The van der Waals surface area contributed by atoms with Gasteiger partial charge in [-0.05, 0) is 47.1 Å². The van der Waals surface area contributed by atoms with Gasteiger partial charge in [-0.15, -0.1) is 12.4 Å². The molecule has 0 aromatic heterocycles. The van der Waals surface area contributed by atoms with Crippen LogP contribution in [0.4, 0.5) is 0 Å². The largest absolute Gasteiger partial charge is 0.315 e. The fourth-order valence-electron chi connectivity index (χ4n) is 1.97. The Hall–Kier alpha value is -0.190. The summed E-state index contributed by atoms with van der Waals surface area (Å²) in [6, 6.07) is 3.75. The monoisotopic (exact) mass is 418 g/mol. The molecule has 2 rings (SSSR count). The third kappa shape index (κ3) is 4.64. The van der Waals surface area contributed by atoms with E-state index in [9.17, 15) is 16.8 Å². The zero-order chi connectivity index (χ0) is 15.0. The Morgan fingerprint density at radius 1 is 1.29 bits per heavy atom. The average Bonchev–Trinajstić information content (AvgIpc) is 2.79. The second-order valence-electron chi connectivity index (χ2n) is 4.68. The molecule has 1 saturated heterocycles. The summed E-state index contributed by atoms with van der Waals surface area (Å²) in [5.74, 6) is 0. The molecular weight excluding hydrogens is 404 g/mol. The number of nitrogens with one attached hydrogen (secondary N) is 2. The highest BCUT2D eigenvalue weighted by Crippen LogP contribution is 2.25. The van der Waals surface area contributed by atoms with Gasteiger partial charge in [0.15, 0.2) is 9.84 Å². The number of benzene rings is 1. The third-order valence-corrected chi connectivity index (χ3v) is 6.61. The quantitative estimate of drug-likeness (QED) is 0.757. The molecule has 0 aliphatic carbocycles. The molecule has 1 aromatic rings. The minimum atomic E-state index is -3.67. The lowest BCUT2D eigenvalue weighted by Gasteiger charge is -2.13. The highest BCUT2D eigenvalue weighted by molar-refractivity contribution is 9.10. The van der Waals surface area contributed by atoms with Crippen molar-refractivity contribution in [2.75, 3.05) is 19.3 Å². The van der Waals surface area contributed by atoms with Gasteiger partial charge in [-0.3, -0.25) is 0 Å². The predicted molar refractivity (Wildman–Crippen MR) is 86.1 cm³/mol. The summed E-state index contributed by atoms with van der Waals surface area (Å²) in [5, 5.41) is 3.07. The highest BCUT2D eigenvalue weighted by atomic mass is 79.9. The van der Waals surface area contributed by atoms with Crippen LogP contribution in [0.5, 0.6) is 0 Å². The van der Waals surface area contributed by atoms with Crippen LogP contribution in [0.15, 0.2) is 32.5 Å². The van der Waals surface area contributed by atoms with E-state index in [1.165, 1.54) is 18.2 Å². The number of hydrogen-bond donors (Lipinski definition) is 2. The van der Waals surface area contributed by atoms with E-state index in [-0.39, 0.29) is 32.7 Å². The molecule has 1 unspecified atom stereocenters. The fourth-order valence-corrected chi connectivity index (χ4v) is 5.11. The maximum atomic E-state index is 12.3. The van der Waals surface area contributed by atoms with E-state index in [1.807, 2.05) is 0 Å². The van der Waals surface area contributed by atoms with Crippen LogP contribution in [0.3, 0.4) is 0 Å². The first-order chi connectivity index (χ1) is 9.20. The third-order valence-electron chi connectivity index (χ3n) is 3.00. The molecule has 0 spiro atoms. The molecule has 0 amide bonds. The number of hydrogen-bond acceptors (Lipinski definition) is 5. The van der Waals surface area contributed by atoms with Crippen molar-refractivity contribution >= 4 is 48.2 Å². The van der Waals surface area contributed by atoms with Crippen LogP contribution in [0.1, 0.15) is 6.42 Å². The highest BCUT2D eigenvalue weighted by Gasteiger charge is 2.25. The summed E-state index contributed by atoms with van der Waals surface area (Å²) in [5.41, 5.74) is 0. The van der Waals surface area contributed by atoms with E-state index < -0.39 is 19.9 Å². The summed E-state index contributed by atoms with van der Waals surface area (Å²) in [4.78, 5) is 0.114. The molecule has 1 atom stereocenters. The molecule has 21 heavy (non-hydrogen) atoms. The molecule has 1 aliphatic heterocycles. The summed E-state index contributed by atoms with van der Waals surface area (Å²) in [6.45, 7) is 1.37. The van der Waals surface area contributed by atoms with Gasteiger partial charge in [0.25, 0.3) is 0 Å². The SMILES string of the molecule is CS(=O)(=O)c1ccc(S(=O)(=O)NC2CCNC2)c(Br)c1.Cl. The van der Waals surface area contributed by atoms with Crippen LogP contribution in [0.25, 0.3) is 0 Å². The smallest absolute Gasteiger partial charge is 0.241 e. The minimum absolute atomic E-state index is 0. The second kappa shape index (κ2) is 6.93. The van der Waals surface area contributed by atoms with Crippen LogP contribution < -0.4 is 10.0 Å². The maximum absolute atomic E-state index is 12.3. The Balaban J connectivity index is 0.00000220. The van der Waals surface area contributed by atoms with Crippen LogP contribution in [-0.2, 0) is 19.9 Å². The van der Waals surface area contributed by atoms with Crippen molar-refractivity contribution in [3.05, 3.63) is 22.7 Å². The topological polar surface area (TPSA) is 92.3 Å². The molecule has 120 valence electrons. The van der Waals surface area contributed by atoms with Crippen LogP contribution in [-0.4, -0.2) is 42.2 Å². The van der Waals surface area contributed by atoms with Crippen molar-refractivity contribution in [3.8, 4) is 0 Å². The Morgan fingerprint density at radius 3 is 2.43 bits per heavy atom. The van der Waals surface area contributed by atoms with E-state index in [0.29, 0.717) is 6.54 Å². The lowest BCUT2D eigenvalue weighted by Crippen LogP contribution is -2.36. The van der Waals surface area contributed by atoms with E-state index in [4.69, 9.17) is 0 Å². The zero-order valence-electron chi connectivity index (χ0n) is 11.2. The van der Waals surface area contributed by atoms with Gasteiger partial charge in [-0.2, -0.15) is 0 Å². The second-order valence-corrected chi connectivity index (χ2v) is 9.23. The Bertz CT molecular complexity index is 716. The standard InChI is InChI=1S/C11H15BrN2O4S2.ClH/c1-19(15,16)9-2-3-11(10(12)6-9)20(17,18)14-8-4-5-13-7-8;/h2-3,6,8,13-14H,4-5,7H2,1H3;1H. The number of halogens is 2. The number of rotatable bonds is 4. The van der Waals surface area contributed by atoms with E-state index in [0.717, 1.165) is 19.2 Å². The number of sulfone groups is 1. The normalized spacial score (nSPS) is 19.2. The van der Waals surface area contributed by atoms with Gasteiger partial charge >= 0.3 is 0 Å². The summed E-state index contributed by atoms with van der Waals surface area (Å²) in [6.07, 6.45) is 1.81. The summed E-state index contributed by atoms with van der Waals surface area (Å²) >= 11 is 3.13. The predicted octanol–water partition coefficient (Wildman–Crippen LogP) is 0.915. The molecule has 0 saturated carbocycles. The van der Waals surface area contributed by atoms with Crippen molar-refractivity contribution in [2.45, 2.75) is 22.3 Å². The van der Waals surface area contributed by atoms with Gasteiger partial charge in [-0.25, -0.2) is 21.6 Å². The molecule has 6 nitrogen and oxygen atoms in total. The molecule has 10 heteroatoms. The fraction of sp³-hybridized carbons (Fsp3) is 0.455. The lowest BCUT2D eigenvalue weighted by atomic mass is 10.3. The number of sulfonamides is 1. The van der Waals surface area contributed by atoms with Crippen LogP contribution in [0, 0.1) is 0 Å². The molecule has 0 radical (unpaired) electrons. The van der Waals surface area contributed by atoms with Crippen LogP contribution in [0.2, 0.25) is 0 Å². The van der Waals surface area contributed by atoms with Crippen molar-refractivity contribution in [1.29, 1.82) is 0 Å². The van der Waals surface area contributed by atoms with E-state index >= 15 is 0 Å². The van der Waals surface area contributed by atoms with Crippen molar-refractivity contribution in [3.63, 3.8) is 0 Å². The first kappa shape index (κ1) is 18.9. The van der Waals surface area contributed by atoms with Gasteiger partial charge in [0.1, 0.15) is 0 Å². The first-order valence-corrected chi connectivity index (χ1v) is 10.1. The molecule has 1 fully saturated rings. The van der Waals surface area contributed by atoms with Gasteiger partial charge in [0, 0.05) is 23.3 Å². The molecule has 0 bridgehead atoms. The van der Waals surface area contributed by atoms with Gasteiger partial charge < -0.3 is 5.32 Å². The Labute approximate surface area is 139 Å². The summed E-state index contributed by atoms with van der Waals surface area (Å²) < 4.78 is 50.2. The first-order valence-electron chi connectivity index (χ1n) is 5.93. The van der Waals surface area contributed by atoms with Crippen molar-refractivity contribution in [1.82, 2.24) is 10.0 Å². The minimum Gasteiger partial charge on any atom is -0.315 e. The zero-order valence-corrected chi connectivity index (χ0v) is 15.2. The van der Waals surface area contributed by atoms with Crippen molar-refractivity contribution in [2.24, 2.45) is 0 Å². The molecule has 1 aromatic carbocycles. The van der Waals surface area contributed by atoms with Crippen LogP contribution >= 0.6 is 28.3 Å². The molecular formula is C11H16BrClN2O4S2. The van der Waals surface area contributed by atoms with Gasteiger partial charge in [0.2, 0.25) is 10.0 Å². The average molecular weight is 420 g/mol. The molecule has 2 N–H and O–H groups in total. The van der Waals surface area contributed by atoms with Gasteiger partial charge in [-0.1, -0.05) is 0 Å².